The second-order valence-corrected chi connectivity index (χ2v) is 7.11. The standard InChI is InChI=1S/C20H28N2O7/c1-4-29-19(28)14-7-5-13(6-8-14)11-22-17(26)15(24)9-10-21-18(27)16(25)20(2,3)12-23/h5-8,16,23,25H,4,9-12H2,1-3H3,(H,21,27)(H,22,26)/t16-/m0/s1. The average Bonchev–Trinajstić information content (AvgIpc) is 2.71. The molecule has 29 heavy (non-hydrogen) atoms. The maximum atomic E-state index is 11.9. The Morgan fingerprint density at radius 1 is 1.10 bits per heavy atom. The molecule has 0 saturated carbocycles. The number of ether oxygens (including phenoxy) is 1. The smallest absolute Gasteiger partial charge is 0.338 e. The molecule has 1 rings (SSSR count). The number of Topliss-reactive ketones (excluding diaryl/α,β-unsaturated/α-hetero) is 1. The Kier molecular flexibility index (Phi) is 9.43. The molecule has 1 aromatic carbocycles. The number of nitrogens with one attached hydrogen (secondary N) is 2. The number of esters is 1. The molecule has 160 valence electrons. The lowest BCUT2D eigenvalue weighted by Gasteiger charge is -2.27. The van der Waals surface area contributed by atoms with Crippen molar-refractivity contribution in [3.63, 3.8) is 0 Å². The first-order valence-corrected chi connectivity index (χ1v) is 9.26. The minimum atomic E-state index is -1.44. The van der Waals surface area contributed by atoms with E-state index in [9.17, 15) is 24.3 Å². The Hall–Kier alpha value is -2.78. The van der Waals surface area contributed by atoms with Crippen LogP contribution in [0, 0.1) is 5.41 Å². The minimum Gasteiger partial charge on any atom is -0.462 e. The molecule has 1 atom stereocenters. The lowest BCUT2D eigenvalue weighted by molar-refractivity contribution is -0.139. The third kappa shape index (κ3) is 7.63. The molecule has 0 fully saturated rings. The van der Waals surface area contributed by atoms with Gasteiger partial charge in [0.05, 0.1) is 18.8 Å². The maximum Gasteiger partial charge on any atom is 0.338 e. The lowest BCUT2D eigenvalue weighted by atomic mass is 9.87. The summed E-state index contributed by atoms with van der Waals surface area (Å²) >= 11 is 0. The number of carbonyl (C=O) groups is 4. The highest BCUT2D eigenvalue weighted by Gasteiger charge is 2.32. The van der Waals surface area contributed by atoms with Gasteiger partial charge in [0.25, 0.3) is 5.91 Å². The van der Waals surface area contributed by atoms with Crippen LogP contribution in [-0.2, 0) is 25.7 Å². The molecule has 0 unspecified atom stereocenters. The first-order valence-electron chi connectivity index (χ1n) is 9.26. The van der Waals surface area contributed by atoms with Crippen molar-refractivity contribution in [2.45, 2.75) is 39.8 Å². The average molecular weight is 408 g/mol. The Morgan fingerprint density at radius 2 is 1.72 bits per heavy atom. The number of aliphatic hydroxyl groups is 2. The second-order valence-electron chi connectivity index (χ2n) is 7.11. The molecule has 9 nitrogen and oxygen atoms in total. The molecule has 0 aliphatic heterocycles. The van der Waals surface area contributed by atoms with Crippen molar-refractivity contribution >= 4 is 23.6 Å². The zero-order valence-electron chi connectivity index (χ0n) is 16.9. The summed E-state index contributed by atoms with van der Waals surface area (Å²) in [6, 6.07) is 6.41. The van der Waals surface area contributed by atoms with E-state index in [2.05, 4.69) is 10.6 Å². The quantitative estimate of drug-likeness (QED) is 0.297. The summed E-state index contributed by atoms with van der Waals surface area (Å²) in [5.41, 5.74) is 0.0658. The predicted molar refractivity (Wildman–Crippen MR) is 104 cm³/mol. The Labute approximate surface area is 169 Å². The molecule has 0 heterocycles. The minimum absolute atomic E-state index is 0.101. The third-order valence-electron chi connectivity index (χ3n) is 4.22. The monoisotopic (exact) mass is 408 g/mol. The van der Waals surface area contributed by atoms with Crippen molar-refractivity contribution in [2.75, 3.05) is 19.8 Å². The van der Waals surface area contributed by atoms with Gasteiger partial charge in [-0.25, -0.2) is 4.79 Å². The third-order valence-corrected chi connectivity index (χ3v) is 4.22. The molecule has 1 aromatic rings. The normalized spacial score (nSPS) is 12.0. The SMILES string of the molecule is CCOC(=O)c1ccc(CNC(=O)C(=O)CCNC(=O)[C@H](O)C(C)(C)CO)cc1. The van der Waals surface area contributed by atoms with Crippen LogP contribution in [-0.4, -0.2) is 59.6 Å². The van der Waals surface area contributed by atoms with Gasteiger partial charge >= 0.3 is 5.97 Å². The van der Waals surface area contributed by atoms with Crippen LogP contribution in [0.1, 0.15) is 43.1 Å². The molecular formula is C20H28N2O7. The van der Waals surface area contributed by atoms with Crippen LogP contribution in [0.2, 0.25) is 0 Å². The van der Waals surface area contributed by atoms with Crippen LogP contribution in [0.5, 0.6) is 0 Å². The van der Waals surface area contributed by atoms with E-state index in [1.165, 1.54) is 13.8 Å². The van der Waals surface area contributed by atoms with Crippen LogP contribution in [0.25, 0.3) is 0 Å². The molecule has 0 aromatic heterocycles. The maximum absolute atomic E-state index is 11.9. The highest BCUT2D eigenvalue weighted by molar-refractivity contribution is 6.36. The number of hydrogen-bond donors (Lipinski definition) is 4. The van der Waals surface area contributed by atoms with E-state index >= 15 is 0 Å². The van der Waals surface area contributed by atoms with E-state index < -0.39 is 35.1 Å². The van der Waals surface area contributed by atoms with Crippen molar-refractivity contribution in [1.29, 1.82) is 0 Å². The highest BCUT2D eigenvalue weighted by Crippen LogP contribution is 2.19. The van der Waals surface area contributed by atoms with Gasteiger partial charge in [-0.15, -0.1) is 0 Å². The Morgan fingerprint density at radius 3 is 2.28 bits per heavy atom. The fraction of sp³-hybridized carbons (Fsp3) is 0.500. The largest absolute Gasteiger partial charge is 0.462 e. The fourth-order valence-corrected chi connectivity index (χ4v) is 2.20. The molecule has 9 heteroatoms. The fourth-order valence-electron chi connectivity index (χ4n) is 2.20. The highest BCUT2D eigenvalue weighted by atomic mass is 16.5. The molecule has 0 aliphatic carbocycles. The van der Waals surface area contributed by atoms with Gasteiger partial charge in [-0.05, 0) is 24.6 Å². The van der Waals surface area contributed by atoms with Gasteiger partial charge in [-0.3, -0.25) is 14.4 Å². The Bertz CT molecular complexity index is 729. The summed E-state index contributed by atoms with van der Waals surface area (Å²) in [5.74, 6) is -2.68. The summed E-state index contributed by atoms with van der Waals surface area (Å²) in [6.07, 6.45) is -1.67. The summed E-state index contributed by atoms with van der Waals surface area (Å²) in [5, 5.41) is 23.8. The van der Waals surface area contributed by atoms with Crippen molar-refractivity contribution in [1.82, 2.24) is 10.6 Å². The summed E-state index contributed by atoms with van der Waals surface area (Å²) < 4.78 is 4.88. The number of carbonyl (C=O) groups excluding carboxylic acids is 4. The van der Waals surface area contributed by atoms with E-state index in [4.69, 9.17) is 9.84 Å². The van der Waals surface area contributed by atoms with Gasteiger partial charge in [0.1, 0.15) is 6.10 Å². The number of ketones is 1. The number of hydrogen-bond acceptors (Lipinski definition) is 7. The number of rotatable bonds is 11. The van der Waals surface area contributed by atoms with Crippen molar-refractivity contribution in [3.05, 3.63) is 35.4 Å². The van der Waals surface area contributed by atoms with Crippen molar-refractivity contribution in [3.8, 4) is 0 Å². The van der Waals surface area contributed by atoms with E-state index in [0.717, 1.165) is 0 Å². The van der Waals surface area contributed by atoms with Crippen LogP contribution < -0.4 is 10.6 Å². The molecule has 0 aliphatic rings. The van der Waals surface area contributed by atoms with Gasteiger partial charge in [0, 0.05) is 24.9 Å². The van der Waals surface area contributed by atoms with Gasteiger partial charge in [0.15, 0.2) is 0 Å². The van der Waals surface area contributed by atoms with Gasteiger partial charge in [-0.2, -0.15) is 0 Å². The molecule has 4 N–H and O–H groups in total. The summed E-state index contributed by atoms with van der Waals surface area (Å²) in [7, 11) is 0. The first-order chi connectivity index (χ1) is 13.6. The topological polar surface area (TPSA) is 142 Å². The van der Waals surface area contributed by atoms with Crippen molar-refractivity contribution in [2.24, 2.45) is 5.41 Å². The molecule has 0 radical (unpaired) electrons. The summed E-state index contributed by atoms with van der Waals surface area (Å²) in [4.78, 5) is 47.1. The second kappa shape index (κ2) is 11.3. The molecular weight excluding hydrogens is 380 g/mol. The first kappa shape index (κ1) is 24.3. The zero-order valence-corrected chi connectivity index (χ0v) is 16.9. The van der Waals surface area contributed by atoms with E-state index in [1.807, 2.05) is 0 Å². The van der Waals surface area contributed by atoms with Crippen molar-refractivity contribution < 1.29 is 34.1 Å². The van der Waals surface area contributed by atoms with Crippen LogP contribution in [0.15, 0.2) is 24.3 Å². The van der Waals surface area contributed by atoms with E-state index in [-0.39, 0.29) is 32.7 Å². The molecule has 0 spiro atoms. The predicted octanol–water partition coefficient (Wildman–Crippen LogP) is -0.0657. The van der Waals surface area contributed by atoms with Gasteiger partial charge < -0.3 is 25.6 Å². The van der Waals surface area contributed by atoms with Crippen LogP contribution in [0.3, 0.4) is 0 Å². The van der Waals surface area contributed by atoms with E-state index in [1.54, 1.807) is 31.2 Å². The lowest BCUT2D eigenvalue weighted by Crippen LogP contribution is -2.46. The summed E-state index contributed by atoms with van der Waals surface area (Å²) in [6.45, 7) is 4.63. The molecule has 0 saturated heterocycles. The Balaban J connectivity index is 2.40. The van der Waals surface area contributed by atoms with Gasteiger partial charge in [0.2, 0.25) is 11.7 Å². The molecule has 0 bridgehead atoms. The molecule has 2 amide bonds. The van der Waals surface area contributed by atoms with Crippen LogP contribution >= 0.6 is 0 Å². The number of benzene rings is 1. The number of aliphatic hydroxyl groups excluding tert-OH is 2. The van der Waals surface area contributed by atoms with Gasteiger partial charge in [-0.1, -0.05) is 26.0 Å². The van der Waals surface area contributed by atoms with E-state index in [0.29, 0.717) is 11.1 Å². The number of amides is 2. The van der Waals surface area contributed by atoms with Crippen LogP contribution in [0.4, 0.5) is 0 Å². The zero-order chi connectivity index (χ0) is 22.0.